The van der Waals surface area contributed by atoms with E-state index in [0.717, 1.165) is 5.56 Å². The number of allylic oxidation sites excluding steroid dienone is 1. The third kappa shape index (κ3) is 9.10. The van der Waals surface area contributed by atoms with E-state index in [1.54, 1.807) is 0 Å². The Morgan fingerprint density at radius 2 is 1.38 bits per heavy atom. The van der Waals surface area contributed by atoms with Gasteiger partial charge in [0.2, 0.25) is 0 Å². The number of benzene rings is 1. The van der Waals surface area contributed by atoms with Crippen molar-refractivity contribution in [1.82, 2.24) is 0 Å². The Labute approximate surface area is 204 Å². The van der Waals surface area contributed by atoms with Gasteiger partial charge in [-0.25, -0.2) is 0 Å². The summed E-state index contributed by atoms with van der Waals surface area (Å²) in [7, 11) is -1.89. The summed E-state index contributed by atoms with van der Waals surface area (Å²) in [4.78, 5) is 13.4. The molecule has 4 heteroatoms. The molecule has 0 aliphatic heterocycles. The molecule has 0 N–H and O–H groups in total. The molecule has 0 aliphatic carbocycles. The van der Waals surface area contributed by atoms with E-state index in [1.807, 2.05) is 30.3 Å². The molecule has 2 nitrogen and oxygen atoms in total. The second-order valence-corrected chi connectivity index (χ2v) is 29.3. The van der Waals surface area contributed by atoms with E-state index >= 15 is 0 Å². The van der Waals surface area contributed by atoms with Gasteiger partial charge >= 0.3 is 205 Å². The van der Waals surface area contributed by atoms with Gasteiger partial charge in [0.05, 0.1) is 0 Å². The van der Waals surface area contributed by atoms with Crippen molar-refractivity contribution in [3.05, 3.63) is 45.6 Å². The first-order valence-corrected chi connectivity index (χ1v) is 23.4. The van der Waals surface area contributed by atoms with Crippen molar-refractivity contribution in [2.45, 2.75) is 112 Å². The van der Waals surface area contributed by atoms with Gasteiger partial charge in [-0.15, -0.1) is 0 Å². The molecule has 0 radical (unpaired) electrons. The number of hydrogen-bond acceptors (Lipinski definition) is 2. The Morgan fingerprint density at radius 3 is 1.78 bits per heavy atom. The van der Waals surface area contributed by atoms with E-state index in [0.29, 0.717) is 6.61 Å². The molecule has 1 rings (SSSR count). The molecule has 182 valence electrons. The van der Waals surface area contributed by atoms with Crippen LogP contribution in [-0.4, -0.2) is 39.1 Å². The molecule has 1 aromatic rings. The van der Waals surface area contributed by atoms with Gasteiger partial charge in [0.25, 0.3) is 0 Å². The van der Waals surface area contributed by atoms with E-state index < -0.39 is 26.7 Å². The summed E-state index contributed by atoms with van der Waals surface area (Å²) in [6.07, 6.45) is 9.64. The molecule has 0 atom stereocenters. The zero-order valence-electron chi connectivity index (χ0n) is 22.4. The predicted octanol–water partition coefficient (Wildman–Crippen LogP) is 9.21. The van der Waals surface area contributed by atoms with Gasteiger partial charge in [-0.2, -0.15) is 0 Å². The van der Waals surface area contributed by atoms with Gasteiger partial charge in [0.1, 0.15) is 0 Å². The van der Waals surface area contributed by atoms with Crippen molar-refractivity contribution in [3.63, 3.8) is 0 Å². The molecule has 0 heterocycles. The monoisotopic (exact) mass is 566 g/mol. The molecule has 0 saturated heterocycles. The third-order valence-electron chi connectivity index (χ3n) is 7.47. The average Bonchev–Trinajstić information content (AvgIpc) is 2.76. The van der Waals surface area contributed by atoms with Gasteiger partial charge in [-0.3, -0.25) is 0 Å². The molecule has 32 heavy (non-hydrogen) atoms. The van der Waals surface area contributed by atoms with Crippen LogP contribution in [0.1, 0.15) is 90.4 Å². The summed E-state index contributed by atoms with van der Waals surface area (Å²) in [6, 6.07) is 9.82. The van der Waals surface area contributed by atoms with Gasteiger partial charge < -0.3 is 0 Å². The Kier molecular flexibility index (Phi) is 13.1. The Morgan fingerprint density at radius 1 is 0.906 bits per heavy atom. The van der Waals surface area contributed by atoms with Gasteiger partial charge in [0, 0.05) is 0 Å². The van der Waals surface area contributed by atoms with Crippen molar-refractivity contribution >= 4 is 32.5 Å². The summed E-state index contributed by atoms with van der Waals surface area (Å²) < 4.78 is 12.3. The molecule has 0 unspecified atom stereocenters. The van der Waals surface area contributed by atoms with E-state index in [1.165, 1.54) is 55.4 Å². The number of unbranched alkanes of at least 4 members (excludes halogenated alkanes) is 3. The van der Waals surface area contributed by atoms with Crippen LogP contribution in [-0.2, 0) is 4.43 Å². The first-order chi connectivity index (χ1) is 15.0. The van der Waals surface area contributed by atoms with Crippen molar-refractivity contribution in [1.29, 1.82) is 0 Å². The fourth-order valence-corrected chi connectivity index (χ4v) is 21.5. The average molecular weight is 566 g/mol. The zero-order valence-corrected chi connectivity index (χ0v) is 26.2. The molecular formula is C28H50O2SiSn. The molecule has 1 aromatic carbocycles. The summed E-state index contributed by atoms with van der Waals surface area (Å²) in [5, 5.41) is 0.177. The van der Waals surface area contributed by atoms with E-state index in [4.69, 9.17) is 4.43 Å². The fraction of sp³-hybridized carbons (Fsp3) is 0.679. The van der Waals surface area contributed by atoms with Gasteiger partial charge in [0.15, 0.2) is 0 Å². The number of carbonyl (C=O) groups excluding carboxylic acids is 1. The van der Waals surface area contributed by atoms with Gasteiger partial charge in [-0.05, 0) is 0 Å². The minimum absolute atomic E-state index is 0.171. The minimum atomic E-state index is -2.76. The molecule has 0 amide bonds. The van der Waals surface area contributed by atoms with Crippen LogP contribution in [0.5, 0.6) is 0 Å². The Balaban J connectivity index is 3.46. The standard InChI is InChI=1S/C16H23O2Si.3C4H9.Sn/c1-16(2,3)19(4,5)18-13-9-12-15(17)14-10-7-6-8-11-14;3*1-3-4-2;/h6-8,10-12H,13H2,1-5H3;3*1,3-4H2,2H3;. The molecule has 0 bridgehead atoms. The van der Waals surface area contributed by atoms with Crippen molar-refractivity contribution in [3.8, 4) is 0 Å². The summed E-state index contributed by atoms with van der Waals surface area (Å²) >= 11 is -2.76. The molecule has 0 aromatic heterocycles. The fourth-order valence-electron chi connectivity index (χ4n) is 4.07. The van der Waals surface area contributed by atoms with E-state index in [-0.39, 0.29) is 10.8 Å². The maximum absolute atomic E-state index is 13.4. The van der Waals surface area contributed by atoms with Gasteiger partial charge in [-0.1, -0.05) is 0 Å². The molecule has 0 saturated carbocycles. The Bertz CT molecular complexity index is 682. The number of rotatable bonds is 15. The second-order valence-electron chi connectivity index (χ2n) is 11.0. The van der Waals surface area contributed by atoms with Crippen molar-refractivity contribution in [2.24, 2.45) is 0 Å². The number of carbonyl (C=O) groups is 1. The zero-order chi connectivity index (χ0) is 24.3. The van der Waals surface area contributed by atoms with Crippen LogP contribution in [0.2, 0.25) is 31.4 Å². The topological polar surface area (TPSA) is 26.3 Å². The van der Waals surface area contributed by atoms with Crippen molar-refractivity contribution < 1.29 is 9.22 Å². The number of hydrogen-bond donors (Lipinski definition) is 0. The summed E-state index contributed by atoms with van der Waals surface area (Å²) in [6.45, 7) is 19.2. The number of ketones is 1. The summed E-state index contributed by atoms with van der Waals surface area (Å²) in [5.74, 6) is 0.171. The summed E-state index contributed by atoms with van der Waals surface area (Å²) in [5.41, 5.74) is 0.805. The maximum atomic E-state index is 13.4. The van der Waals surface area contributed by atoms with E-state index in [9.17, 15) is 4.79 Å². The van der Waals surface area contributed by atoms with Crippen LogP contribution in [0.3, 0.4) is 0 Å². The molecule has 0 aliphatic rings. The van der Waals surface area contributed by atoms with Crippen molar-refractivity contribution in [2.75, 3.05) is 6.61 Å². The first kappa shape index (κ1) is 29.6. The normalized spacial score (nSPS) is 13.4. The Hall–Kier alpha value is -0.394. The molecule has 0 spiro atoms. The van der Waals surface area contributed by atoms with Crippen LogP contribution < -0.4 is 0 Å². The molecular weight excluding hydrogens is 515 g/mol. The second kappa shape index (κ2) is 14.1. The molecule has 0 fully saturated rings. The van der Waals surface area contributed by atoms with E-state index in [2.05, 4.69) is 60.7 Å². The third-order valence-corrected chi connectivity index (χ3v) is 27.9. The predicted molar refractivity (Wildman–Crippen MR) is 147 cm³/mol. The van der Waals surface area contributed by atoms with Crippen LogP contribution in [0.4, 0.5) is 0 Å². The van der Waals surface area contributed by atoms with Crippen LogP contribution in [0.25, 0.3) is 0 Å². The van der Waals surface area contributed by atoms with Crippen LogP contribution in [0.15, 0.2) is 40.0 Å². The van der Waals surface area contributed by atoms with Crippen LogP contribution in [0, 0.1) is 0 Å². The van der Waals surface area contributed by atoms with Crippen LogP contribution >= 0.6 is 0 Å². The quantitative estimate of drug-likeness (QED) is 0.120. The SMILES string of the molecule is CCC[CH2][Sn]([CH2]CCC)([CH2]CCC)/[C](=C/C(=O)c1ccccc1)CO[Si](C)(C)C(C)(C)C. The first-order valence-electron chi connectivity index (χ1n) is 13.0.